The van der Waals surface area contributed by atoms with Crippen LogP contribution in [-0.2, 0) is 19.1 Å². The molecule has 0 N–H and O–H groups in total. The number of thiocarbonyl (C=S) groups is 1. The Labute approximate surface area is 224 Å². The second-order valence-corrected chi connectivity index (χ2v) is 9.95. The zero-order chi connectivity index (χ0) is 26.0. The van der Waals surface area contributed by atoms with Crippen molar-refractivity contribution >= 4 is 68.1 Å². The van der Waals surface area contributed by atoms with Gasteiger partial charge in [0.25, 0.3) is 11.8 Å². The number of rotatable bonds is 13. The predicted octanol–water partition coefficient (Wildman–Crippen LogP) is 4.64. The van der Waals surface area contributed by atoms with E-state index in [0.717, 1.165) is 6.42 Å². The van der Waals surface area contributed by atoms with Crippen molar-refractivity contribution in [1.82, 2.24) is 9.80 Å². The molecule has 0 radical (unpaired) electrons. The Morgan fingerprint density at radius 2 is 1.89 bits per heavy atom. The molecule has 2 rings (SSSR count). The number of esters is 1. The molecule has 0 saturated carbocycles. The second-order valence-electron chi connectivity index (χ2n) is 7.42. The van der Waals surface area contributed by atoms with Gasteiger partial charge in [-0.3, -0.25) is 19.3 Å². The number of ether oxygens (including phenoxy) is 3. The molecule has 1 heterocycles. The van der Waals surface area contributed by atoms with Crippen molar-refractivity contribution in [3.8, 4) is 11.5 Å². The number of likely N-dealkylation sites (N-methyl/N-ethyl adjacent to an activating group) is 1. The van der Waals surface area contributed by atoms with Crippen molar-refractivity contribution < 1.29 is 28.6 Å². The number of halogens is 1. The molecule has 1 aliphatic rings. The number of benzene rings is 1. The monoisotopic (exact) mass is 586 g/mol. The number of amides is 2. The van der Waals surface area contributed by atoms with Crippen LogP contribution in [0.1, 0.15) is 46.1 Å². The molecule has 1 saturated heterocycles. The first-order valence-electron chi connectivity index (χ1n) is 11.5. The van der Waals surface area contributed by atoms with E-state index in [9.17, 15) is 14.4 Å². The average molecular weight is 588 g/mol. The molecule has 0 aliphatic carbocycles. The van der Waals surface area contributed by atoms with Crippen molar-refractivity contribution in [1.29, 1.82) is 0 Å². The third-order valence-electron chi connectivity index (χ3n) is 4.97. The highest BCUT2D eigenvalue weighted by atomic mass is 79.9. The molecular weight excluding hydrogens is 556 g/mol. The van der Waals surface area contributed by atoms with Crippen LogP contribution in [0.3, 0.4) is 0 Å². The fourth-order valence-electron chi connectivity index (χ4n) is 3.21. The van der Waals surface area contributed by atoms with E-state index < -0.39 is 0 Å². The van der Waals surface area contributed by atoms with E-state index in [4.69, 9.17) is 26.4 Å². The topological polar surface area (TPSA) is 85.4 Å². The van der Waals surface area contributed by atoms with E-state index in [1.54, 1.807) is 23.1 Å². The number of hydrogen-bond acceptors (Lipinski definition) is 8. The van der Waals surface area contributed by atoms with Gasteiger partial charge in [0.2, 0.25) is 0 Å². The van der Waals surface area contributed by atoms with Crippen LogP contribution in [0.5, 0.6) is 11.5 Å². The van der Waals surface area contributed by atoms with Gasteiger partial charge in [-0.25, -0.2) is 0 Å². The summed E-state index contributed by atoms with van der Waals surface area (Å²) in [6.45, 7) is 9.62. The van der Waals surface area contributed by atoms with Crippen LogP contribution < -0.4 is 9.47 Å². The molecule has 1 aromatic carbocycles. The fraction of sp³-hybridized carbons (Fsp3) is 0.500. The van der Waals surface area contributed by atoms with Crippen LogP contribution >= 0.6 is 39.9 Å². The normalized spacial score (nSPS) is 14.4. The van der Waals surface area contributed by atoms with Crippen molar-refractivity contribution in [2.45, 2.75) is 40.5 Å². The third-order valence-corrected chi connectivity index (χ3v) is 6.93. The predicted molar refractivity (Wildman–Crippen MR) is 144 cm³/mol. The van der Waals surface area contributed by atoms with Crippen molar-refractivity contribution in [3.05, 3.63) is 27.1 Å². The minimum atomic E-state index is -0.356. The zero-order valence-electron chi connectivity index (χ0n) is 20.4. The van der Waals surface area contributed by atoms with Gasteiger partial charge in [0.05, 0.1) is 29.0 Å². The zero-order valence-corrected chi connectivity index (χ0v) is 23.6. The fourth-order valence-corrected chi connectivity index (χ4v) is 5.09. The molecule has 0 aromatic heterocycles. The molecule has 11 heteroatoms. The van der Waals surface area contributed by atoms with Gasteiger partial charge in [-0.1, -0.05) is 30.9 Å². The van der Waals surface area contributed by atoms with Crippen LogP contribution in [0.2, 0.25) is 0 Å². The Morgan fingerprint density at radius 1 is 1.17 bits per heavy atom. The molecule has 1 aromatic rings. The molecular formula is C24H31BrN2O6S2. The van der Waals surface area contributed by atoms with Crippen LogP contribution in [0, 0.1) is 0 Å². The SMILES string of the molecule is CCCOC(=O)CCN1C(=O)/C(=C\c2cc(Br)c(OCC(=O)N(CC)CC)c(OCC)c2)SC1=S. The highest BCUT2D eigenvalue weighted by Gasteiger charge is 2.32. The number of thioether (sulfide) groups is 1. The first-order valence-corrected chi connectivity index (χ1v) is 13.5. The van der Waals surface area contributed by atoms with Crippen molar-refractivity contribution in [3.63, 3.8) is 0 Å². The first kappa shape index (κ1) is 29.1. The Hall–Kier alpha value is -2.11. The van der Waals surface area contributed by atoms with Crippen LogP contribution in [0.15, 0.2) is 21.5 Å². The Balaban J connectivity index is 2.18. The summed E-state index contributed by atoms with van der Waals surface area (Å²) >= 11 is 10.0. The average Bonchev–Trinajstić information content (AvgIpc) is 3.08. The molecule has 192 valence electrons. The Kier molecular flexibility index (Phi) is 12.0. The van der Waals surface area contributed by atoms with Gasteiger partial charge in [-0.15, -0.1) is 0 Å². The lowest BCUT2D eigenvalue weighted by molar-refractivity contribution is -0.144. The van der Waals surface area contributed by atoms with E-state index in [1.807, 2.05) is 27.7 Å². The number of carbonyl (C=O) groups excluding carboxylic acids is 3. The van der Waals surface area contributed by atoms with Crippen molar-refractivity contribution in [2.75, 3.05) is 39.5 Å². The van der Waals surface area contributed by atoms with Gasteiger partial charge in [0.15, 0.2) is 18.1 Å². The smallest absolute Gasteiger partial charge is 0.307 e. The lowest BCUT2D eigenvalue weighted by atomic mass is 10.1. The molecule has 2 amide bonds. The summed E-state index contributed by atoms with van der Waals surface area (Å²) in [5, 5.41) is 0. The molecule has 8 nitrogen and oxygen atoms in total. The summed E-state index contributed by atoms with van der Waals surface area (Å²) in [5.41, 5.74) is 0.700. The van der Waals surface area contributed by atoms with Crippen molar-refractivity contribution in [2.24, 2.45) is 0 Å². The summed E-state index contributed by atoms with van der Waals surface area (Å²) < 4.78 is 17.6. The van der Waals surface area contributed by atoms with Gasteiger partial charge in [0.1, 0.15) is 4.32 Å². The number of carbonyl (C=O) groups is 3. The van der Waals surface area contributed by atoms with Crippen LogP contribution in [0.25, 0.3) is 6.08 Å². The maximum absolute atomic E-state index is 12.9. The van der Waals surface area contributed by atoms with Gasteiger partial charge in [0, 0.05) is 19.6 Å². The number of nitrogens with zero attached hydrogens (tertiary/aromatic N) is 2. The largest absolute Gasteiger partial charge is 0.490 e. The molecule has 0 atom stereocenters. The summed E-state index contributed by atoms with van der Waals surface area (Å²) in [6, 6.07) is 3.54. The maximum Gasteiger partial charge on any atom is 0.307 e. The minimum Gasteiger partial charge on any atom is -0.490 e. The van der Waals surface area contributed by atoms with Gasteiger partial charge in [-0.05, 0) is 66.9 Å². The van der Waals surface area contributed by atoms with E-state index in [-0.39, 0.29) is 37.4 Å². The Bertz CT molecular complexity index is 981. The summed E-state index contributed by atoms with van der Waals surface area (Å²) in [5.74, 6) is 0.140. The van der Waals surface area contributed by atoms with Crippen LogP contribution in [0.4, 0.5) is 0 Å². The molecule has 0 unspecified atom stereocenters. The minimum absolute atomic E-state index is 0.0814. The maximum atomic E-state index is 12.9. The molecule has 1 aliphatic heterocycles. The summed E-state index contributed by atoms with van der Waals surface area (Å²) in [6.07, 6.45) is 2.54. The summed E-state index contributed by atoms with van der Waals surface area (Å²) in [7, 11) is 0. The molecule has 1 fully saturated rings. The molecule has 0 bridgehead atoms. The van der Waals surface area contributed by atoms with E-state index in [2.05, 4.69) is 15.9 Å². The number of hydrogen-bond donors (Lipinski definition) is 0. The third kappa shape index (κ3) is 8.22. The van der Waals surface area contributed by atoms with E-state index in [0.29, 0.717) is 57.1 Å². The lowest BCUT2D eigenvalue weighted by Gasteiger charge is -2.20. The second kappa shape index (κ2) is 14.4. The molecule has 0 spiro atoms. The quantitative estimate of drug-likeness (QED) is 0.188. The van der Waals surface area contributed by atoms with Gasteiger partial charge < -0.3 is 19.1 Å². The van der Waals surface area contributed by atoms with E-state index >= 15 is 0 Å². The standard InChI is InChI=1S/C24H31BrN2O6S2/c1-5-11-32-21(29)9-10-27-23(30)19(35-24(27)34)14-16-12-17(25)22(18(13-16)31-8-4)33-15-20(28)26(6-2)7-3/h12-14H,5-11,15H2,1-4H3/b19-14+. The van der Waals surface area contributed by atoms with Gasteiger partial charge >= 0.3 is 5.97 Å². The highest BCUT2D eigenvalue weighted by molar-refractivity contribution is 9.10. The highest BCUT2D eigenvalue weighted by Crippen LogP contribution is 2.39. The van der Waals surface area contributed by atoms with Gasteiger partial charge in [-0.2, -0.15) is 0 Å². The molecule has 35 heavy (non-hydrogen) atoms. The lowest BCUT2D eigenvalue weighted by Crippen LogP contribution is -2.34. The van der Waals surface area contributed by atoms with Crippen LogP contribution in [-0.4, -0.2) is 71.4 Å². The van der Waals surface area contributed by atoms with E-state index in [1.165, 1.54) is 16.7 Å². The first-order chi connectivity index (χ1) is 16.7. The Morgan fingerprint density at radius 3 is 2.51 bits per heavy atom. The summed E-state index contributed by atoms with van der Waals surface area (Å²) in [4.78, 5) is 40.6.